The lowest BCUT2D eigenvalue weighted by molar-refractivity contribution is -0.113. The molecule has 3 aromatic rings. The van der Waals surface area contributed by atoms with Gasteiger partial charge in [0.2, 0.25) is 11.7 Å². The minimum absolute atomic E-state index is 0.0692. The minimum atomic E-state index is -0.175. The molecule has 0 aliphatic carbocycles. The van der Waals surface area contributed by atoms with E-state index in [1.807, 2.05) is 49.4 Å². The summed E-state index contributed by atoms with van der Waals surface area (Å²) in [4.78, 5) is 12.5. The maximum Gasteiger partial charge on any atom is 0.235 e. The first-order chi connectivity index (χ1) is 14.6. The Labute approximate surface area is 179 Å². The van der Waals surface area contributed by atoms with E-state index in [0.29, 0.717) is 28.8 Å². The van der Waals surface area contributed by atoms with Crippen molar-refractivity contribution in [2.75, 3.05) is 32.4 Å². The van der Waals surface area contributed by atoms with Crippen molar-refractivity contribution in [3.8, 4) is 22.9 Å². The summed E-state index contributed by atoms with van der Waals surface area (Å²) in [6.45, 7) is 1.95. The van der Waals surface area contributed by atoms with Crippen LogP contribution in [-0.2, 0) is 4.79 Å². The standard InChI is InChI=1S/C22H23N3O4S/c1-13-18-21(15-10-11-16(27-2)20(29-4)19(15)28-3)30-12-17(26)23-22(18)25(24-13)14-8-6-5-7-9-14/h5-11,21H,12H2,1-4H3,(H,23,26)/t21-/m1/s1. The highest BCUT2D eigenvalue weighted by molar-refractivity contribution is 8.00. The molecule has 0 fully saturated rings. The monoisotopic (exact) mass is 425 g/mol. The molecule has 30 heavy (non-hydrogen) atoms. The summed E-state index contributed by atoms with van der Waals surface area (Å²) in [6, 6.07) is 13.6. The zero-order valence-corrected chi connectivity index (χ0v) is 18.1. The Morgan fingerprint density at radius 2 is 1.77 bits per heavy atom. The van der Waals surface area contributed by atoms with E-state index in [2.05, 4.69) is 5.32 Å². The van der Waals surface area contributed by atoms with Gasteiger partial charge in [0.15, 0.2) is 11.5 Å². The third-order valence-corrected chi connectivity index (χ3v) is 6.28. The van der Waals surface area contributed by atoms with Gasteiger partial charge < -0.3 is 19.5 Å². The SMILES string of the molecule is COc1ccc([C@H]2SCC(=O)Nc3c2c(C)nn3-c2ccccc2)c(OC)c1OC. The Kier molecular flexibility index (Phi) is 5.59. The number of carbonyl (C=O) groups is 1. The number of carbonyl (C=O) groups excluding carboxylic acids is 1. The fourth-order valence-corrected chi connectivity index (χ4v) is 4.92. The van der Waals surface area contributed by atoms with Gasteiger partial charge in [0.05, 0.1) is 43.7 Å². The van der Waals surface area contributed by atoms with Gasteiger partial charge in [0, 0.05) is 11.1 Å². The van der Waals surface area contributed by atoms with Crippen LogP contribution in [0.15, 0.2) is 42.5 Å². The van der Waals surface area contributed by atoms with Crippen molar-refractivity contribution >= 4 is 23.5 Å². The first-order valence-electron chi connectivity index (χ1n) is 9.44. The van der Waals surface area contributed by atoms with E-state index >= 15 is 0 Å². The van der Waals surface area contributed by atoms with Crippen LogP contribution in [0.5, 0.6) is 17.2 Å². The van der Waals surface area contributed by atoms with Gasteiger partial charge in [-0.1, -0.05) is 18.2 Å². The number of thioether (sulfide) groups is 1. The maximum absolute atomic E-state index is 12.5. The van der Waals surface area contributed by atoms with E-state index in [1.54, 1.807) is 26.0 Å². The third-order valence-electron chi connectivity index (χ3n) is 5.03. The maximum atomic E-state index is 12.5. The lowest BCUT2D eigenvalue weighted by Crippen LogP contribution is -2.15. The number of hydrogen-bond donors (Lipinski definition) is 1. The molecule has 8 heteroatoms. The number of nitrogens with one attached hydrogen (secondary N) is 1. The van der Waals surface area contributed by atoms with Crippen molar-refractivity contribution in [2.24, 2.45) is 0 Å². The highest BCUT2D eigenvalue weighted by Crippen LogP contribution is 2.50. The Morgan fingerprint density at radius 1 is 1.03 bits per heavy atom. The van der Waals surface area contributed by atoms with Crippen LogP contribution < -0.4 is 19.5 Å². The van der Waals surface area contributed by atoms with Crippen LogP contribution >= 0.6 is 11.8 Å². The van der Waals surface area contributed by atoms with Crippen LogP contribution in [0.4, 0.5) is 5.82 Å². The Hall–Kier alpha value is -3.13. The number of para-hydroxylation sites is 1. The summed E-state index contributed by atoms with van der Waals surface area (Å²) in [5.41, 5.74) is 3.56. The lowest BCUT2D eigenvalue weighted by Gasteiger charge is -2.21. The Morgan fingerprint density at radius 3 is 2.43 bits per heavy atom. The van der Waals surface area contributed by atoms with Gasteiger partial charge in [-0.3, -0.25) is 4.79 Å². The van der Waals surface area contributed by atoms with Crippen molar-refractivity contribution in [2.45, 2.75) is 12.2 Å². The number of benzene rings is 2. The number of aryl methyl sites for hydroxylation is 1. The molecular weight excluding hydrogens is 402 g/mol. The van der Waals surface area contributed by atoms with Gasteiger partial charge >= 0.3 is 0 Å². The molecule has 0 saturated carbocycles. The van der Waals surface area contributed by atoms with Gasteiger partial charge in [0.1, 0.15) is 5.82 Å². The molecule has 4 rings (SSSR count). The molecule has 0 spiro atoms. The molecule has 0 unspecified atom stereocenters. The van der Waals surface area contributed by atoms with E-state index in [-0.39, 0.29) is 11.2 Å². The second kappa shape index (κ2) is 8.31. The second-order valence-electron chi connectivity index (χ2n) is 6.76. The predicted molar refractivity (Wildman–Crippen MR) is 117 cm³/mol. The van der Waals surface area contributed by atoms with Gasteiger partial charge in [-0.15, -0.1) is 11.8 Å². The molecule has 0 radical (unpaired) electrons. The highest BCUT2D eigenvalue weighted by Gasteiger charge is 2.33. The number of methoxy groups -OCH3 is 3. The average molecular weight is 426 g/mol. The summed E-state index contributed by atoms with van der Waals surface area (Å²) in [5.74, 6) is 2.61. The zero-order chi connectivity index (χ0) is 21.3. The van der Waals surface area contributed by atoms with Gasteiger partial charge in [0.25, 0.3) is 0 Å². The molecule has 1 N–H and O–H groups in total. The first-order valence-corrected chi connectivity index (χ1v) is 10.5. The number of ether oxygens (including phenoxy) is 3. The van der Waals surface area contributed by atoms with E-state index in [9.17, 15) is 4.79 Å². The quantitative estimate of drug-likeness (QED) is 0.667. The fourth-order valence-electron chi connectivity index (χ4n) is 3.72. The molecule has 1 aliphatic rings. The fraction of sp³-hybridized carbons (Fsp3) is 0.273. The van der Waals surface area contributed by atoms with Crippen LogP contribution in [0.1, 0.15) is 22.1 Å². The van der Waals surface area contributed by atoms with E-state index < -0.39 is 0 Å². The van der Waals surface area contributed by atoms with E-state index in [4.69, 9.17) is 19.3 Å². The normalized spacial score (nSPS) is 15.7. The summed E-state index contributed by atoms with van der Waals surface area (Å²) in [6.07, 6.45) is 0. The number of aromatic nitrogens is 2. The van der Waals surface area contributed by atoms with Gasteiger partial charge in [-0.25, -0.2) is 4.68 Å². The summed E-state index contributed by atoms with van der Waals surface area (Å²) < 4.78 is 18.5. The van der Waals surface area contributed by atoms with Crippen LogP contribution in [0.3, 0.4) is 0 Å². The zero-order valence-electron chi connectivity index (χ0n) is 17.3. The molecule has 2 heterocycles. The average Bonchev–Trinajstić information content (AvgIpc) is 2.98. The molecule has 1 aromatic heterocycles. The van der Waals surface area contributed by atoms with E-state index in [1.165, 1.54) is 11.8 Å². The summed E-state index contributed by atoms with van der Waals surface area (Å²) >= 11 is 1.53. The number of amides is 1. The highest BCUT2D eigenvalue weighted by atomic mass is 32.2. The Balaban J connectivity index is 1.93. The molecule has 1 aliphatic heterocycles. The molecule has 0 bridgehead atoms. The topological polar surface area (TPSA) is 74.6 Å². The van der Waals surface area contributed by atoms with Crippen molar-refractivity contribution in [1.29, 1.82) is 0 Å². The van der Waals surface area contributed by atoms with Crippen LogP contribution in [-0.4, -0.2) is 42.8 Å². The van der Waals surface area contributed by atoms with Gasteiger partial charge in [-0.2, -0.15) is 5.10 Å². The largest absolute Gasteiger partial charge is 0.493 e. The first kappa shape index (κ1) is 20.2. The molecule has 1 amide bonds. The molecule has 156 valence electrons. The lowest BCUT2D eigenvalue weighted by atomic mass is 10.0. The third kappa shape index (κ3) is 3.37. The molecule has 2 aromatic carbocycles. The Bertz CT molecular complexity index is 1080. The predicted octanol–water partition coefficient (Wildman–Crippen LogP) is 3.98. The van der Waals surface area contributed by atoms with Crippen molar-refractivity contribution in [3.63, 3.8) is 0 Å². The molecular formula is C22H23N3O4S. The molecule has 0 saturated heterocycles. The van der Waals surface area contributed by atoms with Gasteiger partial charge in [-0.05, 0) is 31.2 Å². The number of fused-ring (bicyclic) bond motifs is 1. The number of hydrogen-bond acceptors (Lipinski definition) is 6. The van der Waals surface area contributed by atoms with Crippen molar-refractivity contribution < 1.29 is 19.0 Å². The minimum Gasteiger partial charge on any atom is -0.493 e. The number of rotatable bonds is 5. The number of nitrogens with zero attached hydrogens (tertiary/aromatic N) is 2. The van der Waals surface area contributed by atoms with Crippen molar-refractivity contribution in [3.05, 3.63) is 59.3 Å². The smallest absolute Gasteiger partial charge is 0.235 e. The van der Waals surface area contributed by atoms with Crippen molar-refractivity contribution in [1.82, 2.24) is 9.78 Å². The summed E-state index contributed by atoms with van der Waals surface area (Å²) in [7, 11) is 4.78. The van der Waals surface area contributed by atoms with E-state index in [0.717, 1.165) is 22.5 Å². The molecule has 7 nitrogen and oxygen atoms in total. The number of anilines is 1. The molecule has 1 atom stereocenters. The van der Waals surface area contributed by atoms with Crippen LogP contribution in [0, 0.1) is 6.92 Å². The van der Waals surface area contributed by atoms with Crippen LogP contribution in [0.25, 0.3) is 5.69 Å². The summed E-state index contributed by atoms with van der Waals surface area (Å²) in [5, 5.41) is 7.61. The van der Waals surface area contributed by atoms with Crippen LogP contribution in [0.2, 0.25) is 0 Å². The second-order valence-corrected chi connectivity index (χ2v) is 7.85.